The highest BCUT2D eigenvalue weighted by atomic mass is 35.5. The van der Waals surface area contributed by atoms with Gasteiger partial charge in [-0.1, -0.05) is 11.6 Å². The van der Waals surface area contributed by atoms with Gasteiger partial charge in [0.25, 0.3) is 0 Å². The summed E-state index contributed by atoms with van der Waals surface area (Å²) in [5, 5.41) is 3.40. The predicted octanol–water partition coefficient (Wildman–Crippen LogP) is 1.96. The van der Waals surface area contributed by atoms with Crippen LogP contribution in [0.3, 0.4) is 0 Å². The SMILES string of the molecule is COc1ccc(NCC=O)cc1Cl. The second kappa shape index (κ2) is 4.72. The third kappa shape index (κ3) is 2.63. The molecule has 3 nitrogen and oxygen atoms in total. The van der Waals surface area contributed by atoms with Crippen molar-refractivity contribution in [3.8, 4) is 5.75 Å². The van der Waals surface area contributed by atoms with Crippen LogP contribution in [0.15, 0.2) is 18.2 Å². The number of benzene rings is 1. The van der Waals surface area contributed by atoms with Crippen molar-refractivity contribution < 1.29 is 9.53 Å². The van der Waals surface area contributed by atoms with E-state index in [-0.39, 0.29) is 6.54 Å². The van der Waals surface area contributed by atoms with Crippen molar-refractivity contribution in [1.29, 1.82) is 0 Å². The molecule has 0 aliphatic carbocycles. The summed E-state index contributed by atoms with van der Waals surface area (Å²) in [7, 11) is 1.56. The lowest BCUT2D eigenvalue weighted by atomic mass is 10.3. The fourth-order valence-corrected chi connectivity index (χ4v) is 1.19. The molecule has 0 fully saturated rings. The van der Waals surface area contributed by atoms with E-state index in [1.807, 2.05) is 0 Å². The van der Waals surface area contributed by atoms with Crippen LogP contribution in [0.5, 0.6) is 5.75 Å². The van der Waals surface area contributed by atoms with Crippen molar-refractivity contribution in [3.63, 3.8) is 0 Å². The summed E-state index contributed by atoms with van der Waals surface area (Å²) in [6, 6.07) is 5.26. The maximum absolute atomic E-state index is 10.1. The Bertz CT molecular complexity index is 302. The van der Waals surface area contributed by atoms with E-state index in [4.69, 9.17) is 16.3 Å². The highest BCUT2D eigenvalue weighted by molar-refractivity contribution is 6.32. The number of rotatable bonds is 4. The number of carbonyl (C=O) groups excluding carboxylic acids is 1. The van der Waals surface area contributed by atoms with Gasteiger partial charge < -0.3 is 14.8 Å². The number of anilines is 1. The number of carbonyl (C=O) groups is 1. The smallest absolute Gasteiger partial charge is 0.139 e. The molecule has 1 rings (SSSR count). The summed E-state index contributed by atoms with van der Waals surface area (Å²) in [5.41, 5.74) is 0.804. The molecule has 0 aliphatic heterocycles. The molecule has 0 amide bonds. The maximum atomic E-state index is 10.1. The molecular formula is C9H10ClNO2. The van der Waals surface area contributed by atoms with Gasteiger partial charge in [0.1, 0.15) is 12.0 Å². The Morgan fingerprint density at radius 3 is 2.92 bits per heavy atom. The minimum Gasteiger partial charge on any atom is -0.495 e. The molecule has 13 heavy (non-hydrogen) atoms. The van der Waals surface area contributed by atoms with Gasteiger partial charge in [-0.3, -0.25) is 0 Å². The number of halogens is 1. The molecule has 0 heterocycles. The van der Waals surface area contributed by atoms with Crippen molar-refractivity contribution in [2.24, 2.45) is 0 Å². The largest absolute Gasteiger partial charge is 0.495 e. The van der Waals surface area contributed by atoms with Gasteiger partial charge in [0, 0.05) is 5.69 Å². The summed E-state index contributed by atoms with van der Waals surface area (Å²) in [6.45, 7) is 0.280. The van der Waals surface area contributed by atoms with Gasteiger partial charge in [0.15, 0.2) is 0 Å². The second-order valence-electron chi connectivity index (χ2n) is 2.40. The molecular weight excluding hydrogens is 190 g/mol. The fourth-order valence-electron chi connectivity index (χ4n) is 0.936. The van der Waals surface area contributed by atoms with Gasteiger partial charge in [0.05, 0.1) is 18.7 Å². The molecule has 0 bridgehead atoms. The van der Waals surface area contributed by atoms with Crippen molar-refractivity contribution in [2.45, 2.75) is 0 Å². The van der Waals surface area contributed by atoms with Crippen LogP contribution in [-0.2, 0) is 4.79 Å². The molecule has 0 spiro atoms. The Balaban J connectivity index is 2.76. The molecule has 0 radical (unpaired) electrons. The molecule has 0 saturated carbocycles. The first kappa shape index (κ1) is 9.86. The summed E-state index contributed by atoms with van der Waals surface area (Å²) in [6.07, 6.45) is 0.790. The predicted molar refractivity (Wildman–Crippen MR) is 52.6 cm³/mol. The van der Waals surface area contributed by atoms with Crippen LogP contribution in [0.1, 0.15) is 0 Å². The van der Waals surface area contributed by atoms with Crippen LogP contribution < -0.4 is 10.1 Å². The van der Waals surface area contributed by atoms with E-state index in [0.717, 1.165) is 12.0 Å². The van der Waals surface area contributed by atoms with E-state index in [1.54, 1.807) is 25.3 Å². The number of hydrogen-bond donors (Lipinski definition) is 1. The van der Waals surface area contributed by atoms with Crippen LogP contribution >= 0.6 is 11.6 Å². The first-order chi connectivity index (χ1) is 6.27. The number of nitrogens with one attached hydrogen (secondary N) is 1. The van der Waals surface area contributed by atoms with Gasteiger partial charge in [-0.25, -0.2) is 0 Å². The lowest BCUT2D eigenvalue weighted by Gasteiger charge is -2.06. The highest BCUT2D eigenvalue weighted by Gasteiger charge is 2.00. The van der Waals surface area contributed by atoms with Gasteiger partial charge >= 0.3 is 0 Å². The Morgan fingerprint density at radius 2 is 2.38 bits per heavy atom. The Morgan fingerprint density at radius 1 is 1.62 bits per heavy atom. The minimum atomic E-state index is 0.280. The normalized spacial score (nSPS) is 9.38. The van der Waals surface area contributed by atoms with E-state index in [0.29, 0.717) is 10.8 Å². The Kier molecular flexibility index (Phi) is 3.58. The topological polar surface area (TPSA) is 38.3 Å². The average Bonchev–Trinajstić information content (AvgIpc) is 2.15. The minimum absolute atomic E-state index is 0.280. The second-order valence-corrected chi connectivity index (χ2v) is 2.80. The van der Waals surface area contributed by atoms with E-state index >= 15 is 0 Å². The van der Waals surface area contributed by atoms with E-state index in [9.17, 15) is 4.79 Å². The molecule has 0 saturated heterocycles. The lowest BCUT2D eigenvalue weighted by molar-refractivity contribution is -0.106. The van der Waals surface area contributed by atoms with Crippen LogP contribution in [-0.4, -0.2) is 19.9 Å². The number of methoxy groups -OCH3 is 1. The molecule has 1 aromatic rings. The van der Waals surface area contributed by atoms with Crippen molar-refractivity contribution >= 4 is 23.6 Å². The summed E-state index contributed by atoms with van der Waals surface area (Å²) < 4.78 is 4.98. The number of aldehydes is 1. The third-order valence-corrected chi connectivity index (χ3v) is 1.84. The van der Waals surface area contributed by atoms with Gasteiger partial charge in [-0.2, -0.15) is 0 Å². The highest BCUT2D eigenvalue weighted by Crippen LogP contribution is 2.26. The molecule has 1 aromatic carbocycles. The van der Waals surface area contributed by atoms with E-state index in [2.05, 4.69) is 5.32 Å². The molecule has 0 aliphatic rings. The first-order valence-corrected chi connectivity index (χ1v) is 4.16. The standard InChI is InChI=1S/C9H10ClNO2/c1-13-9-3-2-7(6-8(9)10)11-4-5-12/h2-3,5-6,11H,4H2,1H3. The van der Waals surface area contributed by atoms with Crippen LogP contribution in [0.4, 0.5) is 5.69 Å². The van der Waals surface area contributed by atoms with Crippen LogP contribution in [0, 0.1) is 0 Å². The molecule has 70 valence electrons. The zero-order valence-corrected chi connectivity index (χ0v) is 7.97. The van der Waals surface area contributed by atoms with Gasteiger partial charge in [0.2, 0.25) is 0 Å². The molecule has 1 N–H and O–H groups in total. The van der Waals surface area contributed by atoms with Crippen LogP contribution in [0.25, 0.3) is 0 Å². The first-order valence-electron chi connectivity index (χ1n) is 3.79. The third-order valence-electron chi connectivity index (χ3n) is 1.54. The molecule has 0 aromatic heterocycles. The summed E-state index contributed by atoms with van der Waals surface area (Å²) >= 11 is 5.86. The van der Waals surface area contributed by atoms with E-state index < -0.39 is 0 Å². The maximum Gasteiger partial charge on any atom is 0.139 e. The zero-order chi connectivity index (χ0) is 9.68. The van der Waals surface area contributed by atoms with Gasteiger partial charge in [-0.05, 0) is 18.2 Å². The van der Waals surface area contributed by atoms with Crippen molar-refractivity contribution in [1.82, 2.24) is 0 Å². The quantitative estimate of drug-likeness (QED) is 0.754. The van der Waals surface area contributed by atoms with Gasteiger partial charge in [-0.15, -0.1) is 0 Å². The average molecular weight is 200 g/mol. The number of hydrogen-bond acceptors (Lipinski definition) is 3. The molecule has 4 heteroatoms. The summed E-state index contributed by atoms with van der Waals surface area (Å²) in [5.74, 6) is 0.623. The Hall–Kier alpha value is -1.22. The Labute approximate surface area is 81.7 Å². The van der Waals surface area contributed by atoms with Crippen LogP contribution in [0.2, 0.25) is 5.02 Å². The lowest BCUT2D eigenvalue weighted by Crippen LogP contribution is -2.01. The van der Waals surface area contributed by atoms with Crippen molar-refractivity contribution in [3.05, 3.63) is 23.2 Å². The van der Waals surface area contributed by atoms with E-state index in [1.165, 1.54) is 0 Å². The monoisotopic (exact) mass is 199 g/mol. The number of ether oxygens (including phenoxy) is 1. The fraction of sp³-hybridized carbons (Fsp3) is 0.222. The zero-order valence-electron chi connectivity index (χ0n) is 7.21. The molecule has 0 unspecified atom stereocenters. The summed E-state index contributed by atoms with van der Waals surface area (Å²) in [4.78, 5) is 10.1. The molecule has 0 atom stereocenters. The van der Waals surface area contributed by atoms with Crippen molar-refractivity contribution in [2.75, 3.05) is 19.0 Å².